The molecule has 6 nitrogen and oxygen atoms in total. The summed E-state index contributed by atoms with van der Waals surface area (Å²) >= 11 is 1.37. The number of methoxy groups -OCH3 is 1. The van der Waals surface area contributed by atoms with Crippen LogP contribution >= 0.6 is 11.3 Å². The zero-order valence-electron chi connectivity index (χ0n) is 12.2. The zero-order chi connectivity index (χ0) is 15.2. The Morgan fingerprint density at radius 2 is 2.10 bits per heavy atom. The van der Waals surface area contributed by atoms with E-state index in [0.717, 1.165) is 11.4 Å². The topological polar surface area (TPSA) is 73.3 Å². The molecule has 0 unspecified atom stereocenters. The van der Waals surface area contributed by atoms with Crippen LogP contribution in [0.3, 0.4) is 0 Å². The molecule has 0 radical (unpaired) electrons. The van der Waals surface area contributed by atoms with E-state index >= 15 is 0 Å². The van der Waals surface area contributed by atoms with E-state index < -0.39 is 0 Å². The van der Waals surface area contributed by atoms with Gasteiger partial charge in [0.25, 0.3) is 5.91 Å². The number of nitrogens with one attached hydrogen (secondary N) is 1. The van der Waals surface area contributed by atoms with E-state index in [-0.39, 0.29) is 5.91 Å². The molecule has 0 saturated carbocycles. The summed E-state index contributed by atoms with van der Waals surface area (Å²) in [6.45, 7) is 4.36. The molecule has 2 rings (SSSR count). The van der Waals surface area contributed by atoms with Crippen molar-refractivity contribution in [2.45, 2.75) is 20.3 Å². The quantitative estimate of drug-likeness (QED) is 0.888. The molecule has 21 heavy (non-hydrogen) atoms. The molecule has 1 aromatic carbocycles. The maximum atomic E-state index is 12.2. The van der Waals surface area contributed by atoms with Crippen LogP contribution in [-0.2, 0) is 6.42 Å². The van der Waals surface area contributed by atoms with Crippen molar-refractivity contribution in [3.8, 4) is 11.5 Å². The van der Waals surface area contributed by atoms with Crippen LogP contribution in [0.1, 0.15) is 29.2 Å². The fourth-order valence-corrected chi connectivity index (χ4v) is 2.38. The van der Waals surface area contributed by atoms with Crippen molar-refractivity contribution in [2.24, 2.45) is 0 Å². The zero-order valence-corrected chi connectivity index (χ0v) is 13.0. The van der Waals surface area contributed by atoms with Gasteiger partial charge < -0.3 is 9.47 Å². The van der Waals surface area contributed by atoms with E-state index in [9.17, 15) is 4.79 Å². The molecule has 1 amide bonds. The maximum Gasteiger partial charge on any atom is 0.257 e. The van der Waals surface area contributed by atoms with E-state index in [2.05, 4.69) is 15.5 Å². The molecule has 7 heteroatoms. The van der Waals surface area contributed by atoms with Gasteiger partial charge in [-0.3, -0.25) is 10.1 Å². The van der Waals surface area contributed by atoms with Gasteiger partial charge in [0.15, 0.2) is 11.5 Å². The first kappa shape index (κ1) is 15.2. The Morgan fingerprint density at radius 1 is 1.29 bits per heavy atom. The highest BCUT2D eigenvalue weighted by atomic mass is 32.1. The fraction of sp³-hybridized carbons (Fsp3) is 0.357. The number of aromatic nitrogens is 2. The molecule has 0 atom stereocenters. The molecule has 0 bridgehead atoms. The molecule has 0 aliphatic carbocycles. The highest BCUT2D eigenvalue weighted by Crippen LogP contribution is 2.28. The van der Waals surface area contributed by atoms with Crippen LogP contribution in [0.2, 0.25) is 0 Å². The van der Waals surface area contributed by atoms with Gasteiger partial charge in [-0.1, -0.05) is 18.3 Å². The summed E-state index contributed by atoms with van der Waals surface area (Å²) in [5, 5.41) is 12.0. The van der Waals surface area contributed by atoms with E-state index in [1.165, 1.54) is 11.3 Å². The van der Waals surface area contributed by atoms with Gasteiger partial charge in [0.2, 0.25) is 5.13 Å². The molecular formula is C14H17N3O3S. The van der Waals surface area contributed by atoms with Crippen LogP contribution in [0.5, 0.6) is 11.5 Å². The summed E-state index contributed by atoms with van der Waals surface area (Å²) in [6, 6.07) is 5.04. The average Bonchev–Trinajstić information content (AvgIpc) is 2.95. The summed E-state index contributed by atoms with van der Waals surface area (Å²) in [5.41, 5.74) is 0.479. The highest BCUT2D eigenvalue weighted by Gasteiger charge is 2.13. The van der Waals surface area contributed by atoms with Gasteiger partial charge in [0, 0.05) is 5.56 Å². The fourth-order valence-electron chi connectivity index (χ4n) is 1.70. The summed E-state index contributed by atoms with van der Waals surface area (Å²) in [6.07, 6.45) is 0.796. The average molecular weight is 307 g/mol. The van der Waals surface area contributed by atoms with Crippen molar-refractivity contribution in [3.05, 3.63) is 28.8 Å². The Hall–Kier alpha value is -2.15. The Balaban J connectivity index is 2.16. The van der Waals surface area contributed by atoms with Crippen molar-refractivity contribution in [1.82, 2.24) is 10.2 Å². The summed E-state index contributed by atoms with van der Waals surface area (Å²) in [7, 11) is 1.56. The van der Waals surface area contributed by atoms with Gasteiger partial charge in [0.1, 0.15) is 5.01 Å². The molecule has 0 aliphatic heterocycles. The van der Waals surface area contributed by atoms with Gasteiger partial charge in [-0.25, -0.2) is 0 Å². The number of anilines is 1. The summed E-state index contributed by atoms with van der Waals surface area (Å²) in [5.74, 6) is 0.883. The van der Waals surface area contributed by atoms with Crippen LogP contribution in [0.4, 0.5) is 5.13 Å². The number of carbonyl (C=O) groups is 1. The number of rotatable bonds is 6. The van der Waals surface area contributed by atoms with Crippen LogP contribution in [-0.4, -0.2) is 29.8 Å². The number of hydrogen-bond acceptors (Lipinski definition) is 6. The van der Waals surface area contributed by atoms with Gasteiger partial charge >= 0.3 is 0 Å². The van der Waals surface area contributed by atoms with Crippen molar-refractivity contribution in [3.63, 3.8) is 0 Å². The van der Waals surface area contributed by atoms with Crippen LogP contribution in [0.25, 0.3) is 0 Å². The number of amides is 1. The lowest BCUT2D eigenvalue weighted by atomic mass is 10.2. The van der Waals surface area contributed by atoms with Crippen molar-refractivity contribution < 1.29 is 14.3 Å². The third-order valence-electron chi connectivity index (χ3n) is 2.72. The summed E-state index contributed by atoms with van der Waals surface area (Å²) in [4.78, 5) is 12.2. The van der Waals surface area contributed by atoms with Crippen molar-refractivity contribution >= 4 is 22.4 Å². The van der Waals surface area contributed by atoms with Crippen molar-refractivity contribution in [1.29, 1.82) is 0 Å². The Bertz CT molecular complexity index is 628. The minimum absolute atomic E-state index is 0.252. The third kappa shape index (κ3) is 3.69. The SMILES string of the molecule is CCOc1cc(C(=O)Nc2nnc(CC)s2)ccc1OC. The monoisotopic (exact) mass is 307 g/mol. The van der Waals surface area contributed by atoms with Gasteiger partial charge in [-0.2, -0.15) is 0 Å². The Morgan fingerprint density at radius 3 is 2.71 bits per heavy atom. The van der Waals surface area contributed by atoms with Gasteiger partial charge in [0.05, 0.1) is 13.7 Å². The second kappa shape index (κ2) is 7.03. The van der Waals surface area contributed by atoms with Crippen molar-refractivity contribution in [2.75, 3.05) is 19.0 Å². The van der Waals surface area contributed by atoms with Crippen LogP contribution < -0.4 is 14.8 Å². The number of benzene rings is 1. The minimum Gasteiger partial charge on any atom is -0.493 e. The predicted octanol–water partition coefficient (Wildman–Crippen LogP) is 2.76. The second-order valence-corrected chi connectivity index (χ2v) is 5.17. The standard InChI is InChI=1S/C14H17N3O3S/c1-4-12-16-17-14(21-12)15-13(18)9-6-7-10(19-3)11(8-9)20-5-2/h6-8H,4-5H2,1-3H3,(H,15,17,18). The van der Waals surface area contributed by atoms with Crippen LogP contribution in [0.15, 0.2) is 18.2 Å². The largest absolute Gasteiger partial charge is 0.493 e. The first-order valence-corrected chi connectivity index (χ1v) is 7.44. The number of hydrogen-bond donors (Lipinski definition) is 1. The number of nitrogens with zero attached hydrogens (tertiary/aromatic N) is 2. The second-order valence-electron chi connectivity index (χ2n) is 4.11. The third-order valence-corrected chi connectivity index (χ3v) is 3.70. The minimum atomic E-state index is -0.252. The highest BCUT2D eigenvalue weighted by molar-refractivity contribution is 7.15. The van der Waals surface area contributed by atoms with E-state index in [1.807, 2.05) is 13.8 Å². The molecular weight excluding hydrogens is 290 g/mol. The number of ether oxygens (including phenoxy) is 2. The lowest BCUT2D eigenvalue weighted by Crippen LogP contribution is -2.12. The van der Waals surface area contributed by atoms with Crippen LogP contribution in [0, 0.1) is 0 Å². The Kier molecular flexibility index (Phi) is 5.10. The van der Waals surface area contributed by atoms with E-state index in [4.69, 9.17) is 9.47 Å². The smallest absolute Gasteiger partial charge is 0.257 e. The molecule has 112 valence electrons. The van der Waals surface area contributed by atoms with E-state index in [0.29, 0.717) is 28.8 Å². The van der Waals surface area contributed by atoms with Gasteiger partial charge in [-0.15, -0.1) is 10.2 Å². The number of carbonyl (C=O) groups excluding carboxylic acids is 1. The van der Waals surface area contributed by atoms with E-state index in [1.54, 1.807) is 25.3 Å². The van der Waals surface area contributed by atoms with Gasteiger partial charge in [-0.05, 0) is 31.5 Å². The molecule has 2 aromatic rings. The molecule has 1 heterocycles. The molecule has 0 saturated heterocycles. The molecule has 1 N–H and O–H groups in total. The maximum absolute atomic E-state index is 12.2. The molecule has 1 aromatic heterocycles. The Labute approximate surface area is 127 Å². The molecule has 0 fully saturated rings. The normalized spacial score (nSPS) is 10.2. The molecule has 0 aliphatic rings. The lowest BCUT2D eigenvalue weighted by molar-refractivity contribution is 0.102. The lowest BCUT2D eigenvalue weighted by Gasteiger charge is -2.10. The summed E-state index contributed by atoms with van der Waals surface area (Å²) < 4.78 is 10.7. The number of aryl methyl sites for hydroxylation is 1. The molecule has 0 spiro atoms. The first-order valence-electron chi connectivity index (χ1n) is 6.62. The first-order chi connectivity index (χ1) is 10.2. The predicted molar refractivity (Wildman–Crippen MR) is 81.4 cm³/mol.